The molecule has 0 aromatic heterocycles. The molecule has 2 amide bonds. The summed E-state index contributed by atoms with van der Waals surface area (Å²) in [5.41, 5.74) is 2.02. The number of amides is 2. The quantitative estimate of drug-likeness (QED) is 0.665. The van der Waals surface area contributed by atoms with Crippen LogP contribution in [0.2, 0.25) is 0 Å². The van der Waals surface area contributed by atoms with Gasteiger partial charge in [0.1, 0.15) is 0 Å². The number of hydrogen-bond acceptors (Lipinski definition) is 2. The minimum atomic E-state index is -0.238. The van der Waals surface area contributed by atoms with E-state index in [1.807, 2.05) is 24.3 Å². The molecule has 0 unspecified atom stereocenters. The van der Waals surface area contributed by atoms with Crippen molar-refractivity contribution in [2.24, 2.45) is 0 Å². The summed E-state index contributed by atoms with van der Waals surface area (Å²) < 4.78 is 0. The van der Waals surface area contributed by atoms with Crippen LogP contribution in [0.4, 0.5) is 10.5 Å². The highest BCUT2D eigenvalue weighted by Gasteiger charge is 1.99. The third-order valence-corrected chi connectivity index (χ3v) is 2.24. The molecule has 1 aromatic carbocycles. The number of urea groups is 1. The third kappa shape index (κ3) is 4.31. The van der Waals surface area contributed by atoms with Crippen LogP contribution in [-0.2, 0) is 6.42 Å². The van der Waals surface area contributed by atoms with Crippen molar-refractivity contribution in [1.29, 1.82) is 0 Å². The molecule has 0 spiro atoms. The second-order valence-electron chi connectivity index (χ2n) is 3.51. The molecule has 88 valence electrons. The number of hydrogen-bond donors (Lipinski definition) is 3. The lowest BCUT2D eigenvalue weighted by molar-refractivity contribution is 0.249. The van der Waals surface area contributed by atoms with Gasteiger partial charge in [-0.25, -0.2) is 4.79 Å². The molecule has 0 radical (unpaired) electrons. The lowest BCUT2D eigenvalue weighted by atomic mass is 10.1. The van der Waals surface area contributed by atoms with Crippen molar-refractivity contribution in [3.63, 3.8) is 0 Å². The highest BCUT2D eigenvalue weighted by atomic mass is 16.3. The highest BCUT2D eigenvalue weighted by molar-refractivity contribution is 5.89. The van der Waals surface area contributed by atoms with Crippen molar-refractivity contribution < 1.29 is 9.90 Å². The van der Waals surface area contributed by atoms with Gasteiger partial charge in [-0.05, 0) is 30.5 Å². The lowest BCUT2D eigenvalue weighted by Gasteiger charge is -2.07. The molecule has 0 fully saturated rings. The average molecular weight is 222 g/mol. The maximum absolute atomic E-state index is 11.3. The Morgan fingerprint density at radius 2 is 2.00 bits per heavy atom. The molecular formula is C12H18N2O2. The third-order valence-electron chi connectivity index (χ3n) is 2.24. The Balaban J connectivity index is 2.37. The number of aryl methyl sites for hydroxylation is 1. The van der Waals surface area contributed by atoms with Crippen LogP contribution in [0.3, 0.4) is 0 Å². The highest BCUT2D eigenvalue weighted by Crippen LogP contribution is 2.09. The number of nitrogens with one attached hydrogen (secondary N) is 2. The zero-order chi connectivity index (χ0) is 11.8. The van der Waals surface area contributed by atoms with E-state index in [9.17, 15) is 4.79 Å². The number of aliphatic hydroxyl groups is 1. The Morgan fingerprint density at radius 1 is 1.31 bits per heavy atom. The molecule has 0 aliphatic heterocycles. The summed E-state index contributed by atoms with van der Waals surface area (Å²) in [5.74, 6) is 0. The van der Waals surface area contributed by atoms with Gasteiger partial charge in [-0.2, -0.15) is 0 Å². The molecule has 0 aliphatic carbocycles. The summed E-state index contributed by atoms with van der Waals surface area (Å²) in [5, 5.41) is 13.9. The van der Waals surface area contributed by atoms with Gasteiger partial charge in [-0.1, -0.05) is 19.1 Å². The van der Waals surface area contributed by atoms with Gasteiger partial charge >= 0.3 is 6.03 Å². The number of benzene rings is 1. The molecule has 3 N–H and O–H groups in total. The van der Waals surface area contributed by atoms with Gasteiger partial charge in [-0.3, -0.25) is 0 Å². The summed E-state index contributed by atoms with van der Waals surface area (Å²) in [6.07, 6.45) is 1.56. The van der Waals surface area contributed by atoms with E-state index in [2.05, 4.69) is 17.6 Å². The van der Waals surface area contributed by atoms with Crippen LogP contribution in [0.25, 0.3) is 0 Å². The fourth-order valence-corrected chi connectivity index (χ4v) is 1.28. The summed E-state index contributed by atoms with van der Waals surface area (Å²) in [4.78, 5) is 11.3. The van der Waals surface area contributed by atoms with Crippen LogP contribution in [0.1, 0.15) is 18.9 Å². The summed E-state index contributed by atoms with van der Waals surface area (Å²) in [6, 6.07) is 7.50. The first kappa shape index (κ1) is 12.5. The van der Waals surface area contributed by atoms with E-state index in [0.29, 0.717) is 13.0 Å². The zero-order valence-electron chi connectivity index (χ0n) is 9.49. The fourth-order valence-electron chi connectivity index (χ4n) is 1.28. The van der Waals surface area contributed by atoms with E-state index in [-0.39, 0.29) is 12.6 Å². The van der Waals surface area contributed by atoms with Gasteiger partial charge in [-0.15, -0.1) is 0 Å². The van der Waals surface area contributed by atoms with Crippen molar-refractivity contribution in [3.8, 4) is 0 Å². The van der Waals surface area contributed by atoms with Gasteiger partial charge in [0.05, 0.1) is 0 Å². The molecule has 0 bridgehead atoms. The maximum atomic E-state index is 11.3. The Bertz CT molecular complexity index is 322. The van der Waals surface area contributed by atoms with Crippen molar-refractivity contribution in [2.45, 2.75) is 19.8 Å². The molecule has 0 saturated carbocycles. The molecule has 0 atom stereocenters. The number of aliphatic hydroxyl groups excluding tert-OH is 1. The molecule has 1 aromatic rings. The van der Waals surface area contributed by atoms with E-state index < -0.39 is 0 Å². The first-order valence-corrected chi connectivity index (χ1v) is 5.51. The number of rotatable bonds is 5. The van der Waals surface area contributed by atoms with E-state index in [1.165, 1.54) is 5.56 Å². The van der Waals surface area contributed by atoms with Crippen molar-refractivity contribution in [1.82, 2.24) is 5.32 Å². The summed E-state index contributed by atoms with van der Waals surface area (Å²) in [6.45, 7) is 2.66. The Morgan fingerprint density at radius 3 is 2.56 bits per heavy atom. The molecule has 4 nitrogen and oxygen atoms in total. The summed E-state index contributed by atoms with van der Waals surface area (Å²) >= 11 is 0. The Labute approximate surface area is 95.7 Å². The molecule has 0 aliphatic rings. The molecule has 4 heteroatoms. The second-order valence-corrected chi connectivity index (χ2v) is 3.51. The van der Waals surface area contributed by atoms with Gasteiger partial charge in [0.15, 0.2) is 0 Å². The monoisotopic (exact) mass is 222 g/mol. The number of carbonyl (C=O) groups is 1. The molecule has 0 heterocycles. The van der Waals surface area contributed by atoms with Gasteiger partial charge in [0.2, 0.25) is 0 Å². The normalized spacial score (nSPS) is 9.88. The minimum Gasteiger partial charge on any atom is -0.396 e. The molecular weight excluding hydrogens is 204 g/mol. The van der Waals surface area contributed by atoms with E-state index >= 15 is 0 Å². The molecule has 1 rings (SSSR count). The predicted octanol–water partition coefficient (Wildman–Crippen LogP) is 1.75. The van der Waals surface area contributed by atoms with Crippen LogP contribution in [0.15, 0.2) is 24.3 Å². The average Bonchev–Trinajstić information content (AvgIpc) is 2.30. The van der Waals surface area contributed by atoms with Crippen LogP contribution >= 0.6 is 0 Å². The van der Waals surface area contributed by atoms with E-state index in [0.717, 1.165) is 12.1 Å². The first-order valence-electron chi connectivity index (χ1n) is 5.51. The summed E-state index contributed by atoms with van der Waals surface area (Å²) in [7, 11) is 0. The van der Waals surface area contributed by atoms with Crippen molar-refractivity contribution in [2.75, 3.05) is 18.5 Å². The Kier molecular flexibility index (Phi) is 5.36. The topological polar surface area (TPSA) is 61.4 Å². The van der Waals surface area contributed by atoms with Crippen LogP contribution in [0, 0.1) is 0 Å². The second kappa shape index (κ2) is 6.85. The van der Waals surface area contributed by atoms with E-state index in [4.69, 9.17) is 5.11 Å². The first-order chi connectivity index (χ1) is 7.76. The number of anilines is 1. The smallest absolute Gasteiger partial charge is 0.319 e. The molecule has 0 saturated heterocycles. The predicted molar refractivity (Wildman–Crippen MR) is 64.5 cm³/mol. The van der Waals surface area contributed by atoms with Gasteiger partial charge in [0.25, 0.3) is 0 Å². The van der Waals surface area contributed by atoms with Crippen molar-refractivity contribution >= 4 is 11.7 Å². The van der Waals surface area contributed by atoms with E-state index in [1.54, 1.807) is 0 Å². The van der Waals surface area contributed by atoms with Crippen molar-refractivity contribution in [3.05, 3.63) is 29.8 Å². The largest absolute Gasteiger partial charge is 0.396 e. The SMILES string of the molecule is CCc1ccc(NC(=O)NCCCO)cc1. The van der Waals surface area contributed by atoms with Gasteiger partial charge < -0.3 is 15.7 Å². The van der Waals surface area contributed by atoms with Crippen LogP contribution in [0.5, 0.6) is 0 Å². The standard InChI is InChI=1S/C12H18N2O2/c1-2-10-4-6-11(7-5-10)14-12(16)13-8-3-9-15/h4-7,15H,2-3,8-9H2,1H3,(H2,13,14,16). The van der Waals surface area contributed by atoms with Crippen LogP contribution < -0.4 is 10.6 Å². The minimum absolute atomic E-state index is 0.0888. The zero-order valence-corrected chi connectivity index (χ0v) is 9.49. The maximum Gasteiger partial charge on any atom is 0.319 e. The van der Waals surface area contributed by atoms with Crippen LogP contribution in [-0.4, -0.2) is 24.3 Å². The lowest BCUT2D eigenvalue weighted by Crippen LogP contribution is -2.29. The molecule has 16 heavy (non-hydrogen) atoms. The fraction of sp³-hybridized carbons (Fsp3) is 0.417. The number of carbonyl (C=O) groups excluding carboxylic acids is 1. The van der Waals surface area contributed by atoms with Gasteiger partial charge in [0, 0.05) is 18.8 Å². The Hall–Kier alpha value is -1.55.